The molecule has 0 saturated heterocycles. The van der Waals surface area contributed by atoms with Gasteiger partial charge >= 0.3 is 5.97 Å². The minimum atomic E-state index is -0.670. The molecule has 0 bridgehead atoms. The van der Waals surface area contributed by atoms with Crippen LogP contribution in [-0.2, 0) is 4.79 Å². The van der Waals surface area contributed by atoms with E-state index < -0.39 is 11.3 Å². The van der Waals surface area contributed by atoms with E-state index in [2.05, 4.69) is 0 Å². The van der Waals surface area contributed by atoms with Gasteiger partial charge in [-0.1, -0.05) is 23.7 Å². The highest BCUT2D eigenvalue weighted by Crippen LogP contribution is 2.23. The average molecular weight is 219 g/mol. The standard InChI is InChI=1S/C9H8Cl2O2/c1-6(10)9(12)13-8-5-3-2-4-7(8)11/h2-6H,1H3. The first-order chi connectivity index (χ1) is 6.11. The first kappa shape index (κ1) is 10.4. The van der Waals surface area contributed by atoms with Crippen LogP contribution >= 0.6 is 23.2 Å². The van der Waals surface area contributed by atoms with Crippen LogP contribution in [0.2, 0.25) is 5.02 Å². The monoisotopic (exact) mass is 218 g/mol. The van der Waals surface area contributed by atoms with Crippen LogP contribution in [0.1, 0.15) is 6.92 Å². The highest BCUT2D eigenvalue weighted by Gasteiger charge is 2.12. The van der Waals surface area contributed by atoms with Crippen molar-refractivity contribution in [2.45, 2.75) is 12.3 Å². The van der Waals surface area contributed by atoms with E-state index >= 15 is 0 Å². The Morgan fingerprint density at radius 2 is 2.08 bits per heavy atom. The quantitative estimate of drug-likeness (QED) is 0.434. The second kappa shape index (κ2) is 4.49. The van der Waals surface area contributed by atoms with Crippen molar-refractivity contribution in [2.75, 3.05) is 0 Å². The maximum Gasteiger partial charge on any atom is 0.329 e. The number of benzene rings is 1. The number of carbonyl (C=O) groups is 1. The fraction of sp³-hybridized carbons (Fsp3) is 0.222. The van der Waals surface area contributed by atoms with Gasteiger partial charge in [-0.2, -0.15) is 0 Å². The van der Waals surface area contributed by atoms with Gasteiger partial charge in [0.25, 0.3) is 0 Å². The van der Waals surface area contributed by atoms with Gasteiger partial charge in [0.15, 0.2) is 0 Å². The summed E-state index contributed by atoms with van der Waals surface area (Å²) in [5.74, 6) is -0.170. The van der Waals surface area contributed by atoms with Gasteiger partial charge in [0.1, 0.15) is 11.1 Å². The van der Waals surface area contributed by atoms with Crippen LogP contribution in [0.3, 0.4) is 0 Å². The van der Waals surface area contributed by atoms with Crippen LogP contribution in [0, 0.1) is 0 Å². The summed E-state index contributed by atoms with van der Waals surface area (Å²) in [6.45, 7) is 1.54. The largest absolute Gasteiger partial charge is 0.424 e. The lowest BCUT2D eigenvalue weighted by molar-refractivity contribution is -0.133. The number of hydrogen-bond acceptors (Lipinski definition) is 2. The van der Waals surface area contributed by atoms with Crippen LogP contribution in [0.5, 0.6) is 5.75 Å². The number of esters is 1. The molecule has 0 radical (unpaired) electrons. The SMILES string of the molecule is CC(Cl)C(=O)Oc1ccccc1Cl. The Hall–Kier alpha value is -0.730. The van der Waals surface area contributed by atoms with Crippen LogP contribution in [0.25, 0.3) is 0 Å². The molecule has 70 valence electrons. The maximum absolute atomic E-state index is 11.1. The summed E-state index contributed by atoms with van der Waals surface area (Å²) < 4.78 is 4.90. The number of carbonyl (C=O) groups excluding carboxylic acids is 1. The molecular weight excluding hydrogens is 211 g/mol. The zero-order valence-electron chi connectivity index (χ0n) is 6.96. The lowest BCUT2D eigenvalue weighted by atomic mass is 10.3. The fourth-order valence-electron chi connectivity index (χ4n) is 0.717. The summed E-state index contributed by atoms with van der Waals surface area (Å²) in [6, 6.07) is 6.74. The zero-order chi connectivity index (χ0) is 9.84. The molecule has 1 unspecified atom stereocenters. The molecule has 4 heteroatoms. The Morgan fingerprint density at radius 3 is 2.62 bits per heavy atom. The molecule has 0 saturated carbocycles. The third-order valence-corrected chi connectivity index (χ3v) is 1.86. The summed E-state index contributed by atoms with van der Waals surface area (Å²) in [7, 11) is 0. The number of para-hydroxylation sites is 1. The van der Waals surface area contributed by atoms with Gasteiger partial charge in [-0.05, 0) is 19.1 Å². The highest BCUT2D eigenvalue weighted by atomic mass is 35.5. The molecule has 0 aliphatic carbocycles. The first-order valence-electron chi connectivity index (χ1n) is 3.71. The van der Waals surface area contributed by atoms with Crippen molar-refractivity contribution >= 4 is 29.2 Å². The molecule has 0 spiro atoms. The number of halogens is 2. The van der Waals surface area contributed by atoms with Crippen molar-refractivity contribution < 1.29 is 9.53 Å². The summed E-state index contributed by atoms with van der Waals surface area (Å²) in [5.41, 5.74) is 0. The van der Waals surface area contributed by atoms with Crippen LogP contribution in [-0.4, -0.2) is 11.3 Å². The van der Waals surface area contributed by atoms with Gasteiger partial charge in [0.05, 0.1) is 5.02 Å². The topological polar surface area (TPSA) is 26.3 Å². The minimum absolute atomic E-state index is 0.335. The minimum Gasteiger partial charge on any atom is -0.424 e. The van der Waals surface area contributed by atoms with E-state index in [0.717, 1.165) is 0 Å². The van der Waals surface area contributed by atoms with Crippen LogP contribution in [0.15, 0.2) is 24.3 Å². The molecule has 1 aromatic carbocycles. The van der Waals surface area contributed by atoms with Crippen molar-refractivity contribution in [1.82, 2.24) is 0 Å². The third kappa shape index (κ3) is 2.90. The molecule has 0 amide bonds. The summed E-state index contributed by atoms with van der Waals surface area (Å²) in [6.07, 6.45) is 0. The van der Waals surface area contributed by atoms with Crippen molar-refractivity contribution in [3.63, 3.8) is 0 Å². The summed E-state index contributed by atoms with van der Waals surface area (Å²) in [4.78, 5) is 11.1. The number of hydrogen-bond donors (Lipinski definition) is 0. The van der Waals surface area contributed by atoms with Gasteiger partial charge in [0, 0.05) is 0 Å². The van der Waals surface area contributed by atoms with E-state index in [-0.39, 0.29) is 0 Å². The Balaban J connectivity index is 2.75. The molecule has 1 rings (SSSR count). The number of alkyl halides is 1. The molecule has 0 heterocycles. The number of ether oxygens (including phenoxy) is 1. The van der Waals surface area contributed by atoms with E-state index in [1.165, 1.54) is 0 Å². The predicted octanol–water partition coefficient (Wildman–Crippen LogP) is 2.87. The van der Waals surface area contributed by atoms with Gasteiger partial charge in [-0.15, -0.1) is 11.6 Å². The van der Waals surface area contributed by atoms with E-state index in [1.54, 1.807) is 31.2 Å². The molecule has 0 fully saturated rings. The van der Waals surface area contributed by atoms with Crippen LogP contribution in [0.4, 0.5) is 0 Å². The van der Waals surface area contributed by atoms with Crippen LogP contribution < -0.4 is 4.74 Å². The number of rotatable bonds is 2. The highest BCUT2D eigenvalue weighted by molar-refractivity contribution is 6.32. The first-order valence-corrected chi connectivity index (χ1v) is 4.53. The smallest absolute Gasteiger partial charge is 0.329 e. The second-order valence-electron chi connectivity index (χ2n) is 2.47. The molecule has 0 aliphatic rings. The fourth-order valence-corrected chi connectivity index (χ4v) is 0.936. The summed E-state index contributed by atoms with van der Waals surface area (Å²) in [5, 5.41) is -0.274. The molecule has 0 aliphatic heterocycles. The predicted molar refractivity (Wildman–Crippen MR) is 52.4 cm³/mol. The van der Waals surface area contributed by atoms with Gasteiger partial charge in [-0.25, -0.2) is 0 Å². The second-order valence-corrected chi connectivity index (χ2v) is 3.53. The van der Waals surface area contributed by atoms with Crippen molar-refractivity contribution in [3.05, 3.63) is 29.3 Å². The maximum atomic E-state index is 11.1. The molecule has 1 atom stereocenters. The van der Waals surface area contributed by atoms with E-state index in [0.29, 0.717) is 10.8 Å². The Kier molecular flexibility index (Phi) is 3.58. The van der Waals surface area contributed by atoms with Gasteiger partial charge < -0.3 is 4.74 Å². The van der Waals surface area contributed by atoms with Crippen molar-refractivity contribution in [3.8, 4) is 5.75 Å². The van der Waals surface area contributed by atoms with Crippen molar-refractivity contribution in [2.24, 2.45) is 0 Å². The lowest BCUT2D eigenvalue weighted by Crippen LogP contribution is -2.17. The molecule has 0 aromatic heterocycles. The summed E-state index contributed by atoms with van der Waals surface area (Å²) >= 11 is 11.3. The lowest BCUT2D eigenvalue weighted by Gasteiger charge is -2.06. The Labute approximate surface area is 86.4 Å². The Bertz CT molecular complexity index is 310. The molecule has 13 heavy (non-hydrogen) atoms. The average Bonchev–Trinajstić information content (AvgIpc) is 2.08. The van der Waals surface area contributed by atoms with E-state index in [1.807, 2.05) is 0 Å². The van der Waals surface area contributed by atoms with E-state index in [4.69, 9.17) is 27.9 Å². The Morgan fingerprint density at radius 1 is 1.46 bits per heavy atom. The molecule has 1 aromatic rings. The molecule has 0 N–H and O–H groups in total. The normalized spacial score (nSPS) is 12.2. The van der Waals surface area contributed by atoms with E-state index in [9.17, 15) is 4.79 Å². The molecular formula is C9H8Cl2O2. The van der Waals surface area contributed by atoms with Crippen molar-refractivity contribution in [1.29, 1.82) is 0 Å². The van der Waals surface area contributed by atoms with Gasteiger partial charge in [-0.3, -0.25) is 4.79 Å². The van der Waals surface area contributed by atoms with Gasteiger partial charge in [0.2, 0.25) is 0 Å². The third-order valence-electron chi connectivity index (χ3n) is 1.37. The zero-order valence-corrected chi connectivity index (χ0v) is 8.47. The molecule has 2 nitrogen and oxygen atoms in total.